The van der Waals surface area contributed by atoms with E-state index in [1.54, 1.807) is 11.0 Å². The summed E-state index contributed by atoms with van der Waals surface area (Å²) in [6.45, 7) is 4.89. The smallest absolute Gasteiger partial charge is 0.284 e. The molecule has 1 fully saturated rings. The van der Waals surface area contributed by atoms with Crippen LogP contribution in [0.4, 0.5) is 5.69 Å². The molecule has 2 rings (SSSR count). The second kappa shape index (κ2) is 6.53. The van der Waals surface area contributed by atoms with E-state index in [4.69, 9.17) is 4.74 Å². The minimum atomic E-state index is -0.500. The van der Waals surface area contributed by atoms with Crippen LogP contribution in [-0.4, -0.2) is 41.0 Å². The van der Waals surface area contributed by atoms with Crippen LogP contribution in [0.15, 0.2) is 22.7 Å². The number of carbonyl (C=O) groups is 1. The number of hydrogen-bond donors (Lipinski definition) is 0. The zero-order valence-corrected chi connectivity index (χ0v) is 13.5. The summed E-state index contributed by atoms with van der Waals surface area (Å²) in [5, 5.41) is 11.0. The average Bonchev–Trinajstić information content (AvgIpc) is 2.46. The molecule has 0 spiro atoms. The van der Waals surface area contributed by atoms with Gasteiger partial charge >= 0.3 is 0 Å². The first-order valence-corrected chi connectivity index (χ1v) is 7.60. The number of rotatable bonds is 3. The maximum absolute atomic E-state index is 12.7. The van der Waals surface area contributed by atoms with Crippen LogP contribution in [0.3, 0.4) is 0 Å². The van der Waals surface area contributed by atoms with Crippen molar-refractivity contribution < 1.29 is 14.5 Å². The Morgan fingerprint density at radius 3 is 2.90 bits per heavy atom. The lowest BCUT2D eigenvalue weighted by atomic mass is 10.1. The molecule has 1 amide bonds. The quantitative estimate of drug-likeness (QED) is 0.616. The van der Waals surface area contributed by atoms with Gasteiger partial charge in [0.25, 0.3) is 11.6 Å². The van der Waals surface area contributed by atoms with Crippen molar-refractivity contribution in [1.29, 1.82) is 0 Å². The van der Waals surface area contributed by atoms with Gasteiger partial charge in [-0.1, -0.05) is 13.0 Å². The van der Waals surface area contributed by atoms with Gasteiger partial charge in [-0.05, 0) is 35.3 Å². The van der Waals surface area contributed by atoms with Crippen LogP contribution in [0.2, 0.25) is 0 Å². The first-order valence-electron chi connectivity index (χ1n) is 6.81. The molecule has 0 saturated carbocycles. The fraction of sp³-hybridized carbons (Fsp3) is 0.500. The van der Waals surface area contributed by atoms with Crippen LogP contribution < -0.4 is 0 Å². The van der Waals surface area contributed by atoms with Gasteiger partial charge in [0.15, 0.2) is 0 Å². The number of carbonyl (C=O) groups excluding carboxylic acids is 1. The third-order valence-electron chi connectivity index (χ3n) is 3.61. The molecule has 6 nitrogen and oxygen atoms in total. The van der Waals surface area contributed by atoms with Crippen LogP contribution in [-0.2, 0) is 4.74 Å². The van der Waals surface area contributed by atoms with Gasteiger partial charge in [0.2, 0.25) is 0 Å². The molecule has 0 bridgehead atoms. The summed E-state index contributed by atoms with van der Waals surface area (Å²) in [6.07, 6.45) is 0.750. The molecule has 0 aromatic heterocycles. The van der Waals surface area contributed by atoms with Gasteiger partial charge < -0.3 is 9.64 Å². The summed E-state index contributed by atoms with van der Waals surface area (Å²) < 4.78 is 5.81. The highest BCUT2D eigenvalue weighted by Crippen LogP contribution is 2.30. The predicted molar refractivity (Wildman–Crippen MR) is 81.3 cm³/mol. The number of nitrogens with zero attached hydrogens (tertiary/aromatic N) is 2. The van der Waals surface area contributed by atoms with E-state index >= 15 is 0 Å². The molecule has 2 unspecified atom stereocenters. The molecule has 7 heteroatoms. The van der Waals surface area contributed by atoms with E-state index in [9.17, 15) is 14.9 Å². The number of benzene rings is 1. The van der Waals surface area contributed by atoms with Gasteiger partial charge in [0.1, 0.15) is 4.47 Å². The molecule has 114 valence electrons. The lowest BCUT2D eigenvalue weighted by molar-refractivity contribution is -0.385. The van der Waals surface area contributed by atoms with Crippen LogP contribution >= 0.6 is 15.9 Å². The number of amides is 1. The standard InChI is InChI=1S/C14H17BrN2O4/c1-3-10-8-21-9(2)7-16(10)14(18)11-5-4-6-12(13(11)15)17(19)20/h4-6,9-10H,3,7-8H2,1-2H3. The predicted octanol–water partition coefficient (Wildman–Crippen LogP) is 3.00. The zero-order valence-electron chi connectivity index (χ0n) is 11.9. The largest absolute Gasteiger partial charge is 0.375 e. The van der Waals surface area contributed by atoms with E-state index in [1.807, 2.05) is 13.8 Å². The molecule has 1 heterocycles. The van der Waals surface area contributed by atoms with Crippen molar-refractivity contribution in [1.82, 2.24) is 4.90 Å². The fourth-order valence-corrected chi connectivity index (χ4v) is 2.99. The summed E-state index contributed by atoms with van der Waals surface area (Å²) in [5.74, 6) is -0.201. The van der Waals surface area contributed by atoms with Crippen molar-refractivity contribution in [3.8, 4) is 0 Å². The highest BCUT2D eigenvalue weighted by atomic mass is 79.9. The Bertz CT molecular complexity index is 564. The Hall–Kier alpha value is -1.47. The van der Waals surface area contributed by atoms with Crippen molar-refractivity contribution in [3.05, 3.63) is 38.3 Å². The Labute approximate surface area is 131 Å². The summed E-state index contributed by atoms with van der Waals surface area (Å²) in [4.78, 5) is 25.0. The average molecular weight is 357 g/mol. The molecule has 2 atom stereocenters. The Morgan fingerprint density at radius 1 is 1.57 bits per heavy atom. The lowest BCUT2D eigenvalue weighted by Gasteiger charge is -2.38. The maximum atomic E-state index is 12.7. The Kier molecular flexibility index (Phi) is 4.95. The molecular formula is C14H17BrN2O4. The molecule has 0 radical (unpaired) electrons. The molecular weight excluding hydrogens is 340 g/mol. The first kappa shape index (κ1) is 15.9. The molecule has 1 saturated heterocycles. The molecule has 0 N–H and O–H groups in total. The summed E-state index contributed by atoms with van der Waals surface area (Å²) in [6, 6.07) is 4.51. The third-order valence-corrected chi connectivity index (χ3v) is 4.44. The summed E-state index contributed by atoms with van der Waals surface area (Å²) in [7, 11) is 0. The minimum absolute atomic E-state index is 0.000128. The van der Waals surface area contributed by atoms with Gasteiger partial charge in [-0.2, -0.15) is 0 Å². The van der Waals surface area contributed by atoms with Crippen LogP contribution in [0, 0.1) is 10.1 Å². The van der Waals surface area contributed by atoms with Crippen molar-refractivity contribution in [2.45, 2.75) is 32.4 Å². The maximum Gasteiger partial charge on any atom is 0.284 e. The van der Waals surface area contributed by atoms with E-state index < -0.39 is 4.92 Å². The van der Waals surface area contributed by atoms with Crippen LogP contribution in [0.5, 0.6) is 0 Å². The Balaban J connectivity index is 2.34. The fourth-order valence-electron chi connectivity index (χ4n) is 2.41. The second-order valence-electron chi connectivity index (χ2n) is 5.06. The third kappa shape index (κ3) is 3.24. The van der Waals surface area contributed by atoms with Gasteiger partial charge in [0.05, 0.1) is 29.2 Å². The topological polar surface area (TPSA) is 72.7 Å². The van der Waals surface area contributed by atoms with Gasteiger partial charge in [-0.25, -0.2) is 0 Å². The minimum Gasteiger partial charge on any atom is -0.375 e. The number of ether oxygens (including phenoxy) is 1. The highest BCUT2D eigenvalue weighted by molar-refractivity contribution is 9.10. The zero-order chi connectivity index (χ0) is 15.6. The van der Waals surface area contributed by atoms with E-state index in [2.05, 4.69) is 15.9 Å². The van der Waals surface area contributed by atoms with Gasteiger partial charge in [-0.3, -0.25) is 14.9 Å². The van der Waals surface area contributed by atoms with E-state index in [0.29, 0.717) is 18.7 Å². The first-order chi connectivity index (χ1) is 9.95. The van der Waals surface area contributed by atoms with Crippen LogP contribution in [0.1, 0.15) is 30.6 Å². The normalized spacial score (nSPS) is 22.1. The number of hydrogen-bond acceptors (Lipinski definition) is 4. The van der Waals surface area contributed by atoms with E-state index in [1.165, 1.54) is 12.1 Å². The van der Waals surface area contributed by atoms with Crippen molar-refractivity contribution in [2.24, 2.45) is 0 Å². The molecule has 1 aliphatic heterocycles. The molecule has 0 aliphatic carbocycles. The molecule has 1 aromatic rings. The van der Waals surface area contributed by atoms with Gasteiger partial charge in [0, 0.05) is 12.6 Å². The molecule has 21 heavy (non-hydrogen) atoms. The van der Waals surface area contributed by atoms with Crippen molar-refractivity contribution >= 4 is 27.5 Å². The second-order valence-corrected chi connectivity index (χ2v) is 5.85. The van der Waals surface area contributed by atoms with Gasteiger partial charge in [-0.15, -0.1) is 0 Å². The van der Waals surface area contributed by atoms with Crippen molar-refractivity contribution in [2.75, 3.05) is 13.2 Å². The highest BCUT2D eigenvalue weighted by Gasteiger charge is 2.32. The lowest BCUT2D eigenvalue weighted by Crippen LogP contribution is -2.51. The number of nitro groups is 1. The molecule has 1 aromatic carbocycles. The number of nitro benzene ring substituents is 1. The SMILES string of the molecule is CCC1COC(C)CN1C(=O)c1cccc([N+](=O)[O-])c1Br. The van der Waals surface area contributed by atoms with Crippen molar-refractivity contribution in [3.63, 3.8) is 0 Å². The van der Waals surface area contributed by atoms with E-state index in [-0.39, 0.29) is 28.2 Å². The number of morpholine rings is 1. The Morgan fingerprint density at radius 2 is 2.29 bits per heavy atom. The van der Waals surface area contributed by atoms with Crippen LogP contribution in [0.25, 0.3) is 0 Å². The molecule has 1 aliphatic rings. The number of halogens is 1. The van der Waals surface area contributed by atoms with E-state index in [0.717, 1.165) is 6.42 Å². The summed E-state index contributed by atoms with van der Waals surface area (Å²) >= 11 is 3.19. The summed E-state index contributed by atoms with van der Waals surface area (Å²) in [5.41, 5.74) is 0.215. The monoisotopic (exact) mass is 356 g/mol.